The molecule has 0 aliphatic carbocycles. The van der Waals surface area contributed by atoms with E-state index in [9.17, 15) is 4.79 Å². The average Bonchev–Trinajstić information content (AvgIpc) is 2.70. The van der Waals surface area contributed by atoms with Gasteiger partial charge in [0, 0.05) is 13.1 Å². The van der Waals surface area contributed by atoms with Crippen molar-refractivity contribution in [1.82, 2.24) is 4.90 Å². The van der Waals surface area contributed by atoms with E-state index >= 15 is 0 Å². The van der Waals surface area contributed by atoms with Crippen LogP contribution in [0, 0.1) is 0 Å². The number of nitrogens with two attached hydrogens (primary N) is 1. The smallest absolute Gasteiger partial charge is 0.240 e. The zero-order valence-corrected chi connectivity index (χ0v) is 8.94. The topological polar surface area (TPSA) is 46.3 Å². The van der Waals surface area contributed by atoms with E-state index < -0.39 is 0 Å². The number of fused-ring (bicyclic) bond motifs is 1. The molecule has 1 aromatic carbocycles. The van der Waals surface area contributed by atoms with Crippen molar-refractivity contribution in [3.8, 4) is 0 Å². The SMILES string of the molecule is CC[C@@H](N)C(=O)N1Cc2ccccc2C1. The lowest BCUT2D eigenvalue weighted by Crippen LogP contribution is -2.40. The van der Waals surface area contributed by atoms with E-state index in [-0.39, 0.29) is 11.9 Å². The van der Waals surface area contributed by atoms with Gasteiger partial charge in [-0.25, -0.2) is 0 Å². The second-order valence-corrected chi connectivity index (χ2v) is 3.98. The van der Waals surface area contributed by atoms with E-state index in [2.05, 4.69) is 12.1 Å². The first-order valence-corrected chi connectivity index (χ1v) is 5.33. The number of carbonyl (C=O) groups excluding carboxylic acids is 1. The lowest BCUT2D eigenvalue weighted by molar-refractivity contribution is -0.133. The van der Waals surface area contributed by atoms with Gasteiger partial charge in [0.25, 0.3) is 0 Å². The van der Waals surface area contributed by atoms with E-state index in [1.54, 1.807) is 0 Å². The molecule has 3 heteroatoms. The molecule has 0 bridgehead atoms. The molecule has 0 aromatic heterocycles. The minimum atomic E-state index is -0.348. The molecule has 1 aliphatic heterocycles. The van der Waals surface area contributed by atoms with Gasteiger partial charge in [0.1, 0.15) is 0 Å². The molecule has 15 heavy (non-hydrogen) atoms. The first-order valence-electron chi connectivity index (χ1n) is 5.33. The summed E-state index contributed by atoms with van der Waals surface area (Å²) in [7, 11) is 0. The molecule has 2 rings (SSSR count). The minimum absolute atomic E-state index is 0.0636. The van der Waals surface area contributed by atoms with Crippen LogP contribution in [0.2, 0.25) is 0 Å². The van der Waals surface area contributed by atoms with Crippen LogP contribution < -0.4 is 5.73 Å². The third-order valence-electron chi connectivity index (χ3n) is 2.91. The highest BCUT2D eigenvalue weighted by atomic mass is 16.2. The predicted molar refractivity (Wildman–Crippen MR) is 59.0 cm³/mol. The zero-order chi connectivity index (χ0) is 10.8. The first-order chi connectivity index (χ1) is 7.22. The first kappa shape index (κ1) is 10.2. The van der Waals surface area contributed by atoms with Crippen LogP contribution in [-0.4, -0.2) is 16.8 Å². The second-order valence-electron chi connectivity index (χ2n) is 3.98. The summed E-state index contributed by atoms with van der Waals surface area (Å²) < 4.78 is 0. The van der Waals surface area contributed by atoms with Crippen molar-refractivity contribution < 1.29 is 4.79 Å². The van der Waals surface area contributed by atoms with Gasteiger partial charge < -0.3 is 10.6 Å². The van der Waals surface area contributed by atoms with Crippen LogP contribution in [0.25, 0.3) is 0 Å². The van der Waals surface area contributed by atoms with Gasteiger partial charge in [-0.1, -0.05) is 31.2 Å². The molecule has 0 fully saturated rings. The van der Waals surface area contributed by atoms with Crippen LogP contribution in [-0.2, 0) is 17.9 Å². The molecule has 0 unspecified atom stereocenters. The quantitative estimate of drug-likeness (QED) is 0.788. The van der Waals surface area contributed by atoms with E-state index in [1.807, 2.05) is 24.0 Å². The van der Waals surface area contributed by atoms with Gasteiger partial charge in [-0.2, -0.15) is 0 Å². The van der Waals surface area contributed by atoms with E-state index in [0.717, 1.165) is 0 Å². The summed E-state index contributed by atoms with van der Waals surface area (Å²) in [6.45, 7) is 3.36. The van der Waals surface area contributed by atoms with Crippen molar-refractivity contribution in [3.05, 3.63) is 35.4 Å². The molecule has 0 saturated carbocycles. The van der Waals surface area contributed by atoms with Crippen LogP contribution >= 0.6 is 0 Å². The summed E-state index contributed by atoms with van der Waals surface area (Å²) in [5, 5.41) is 0. The normalized spacial score (nSPS) is 16.3. The number of carbonyl (C=O) groups is 1. The fraction of sp³-hybridized carbons (Fsp3) is 0.417. The van der Waals surface area contributed by atoms with Crippen LogP contribution in [0.4, 0.5) is 0 Å². The molecule has 0 saturated heterocycles. The Hall–Kier alpha value is -1.35. The Labute approximate surface area is 89.9 Å². The zero-order valence-electron chi connectivity index (χ0n) is 8.94. The number of nitrogens with zero attached hydrogens (tertiary/aromatic N) is 1. The van der Waals surface area contributed by atoms with Crippen LogP contribution in [0.5, 0.6) is 0 Å². The lowest BCUT2D eigenvalue weighted by atomic mass is 10.1. The van der Waals surface area contributed by atoms with Gasteiger partial charge in [0.05, 0.1) is 6.04 Å². The van der Waals surface area contributed by atoms with Gasteiger partial charge in [-0.05, 0) is 17.5 Å². The fourth-order valence-corrected chi connectivity index (χ4v) is 1.90. The molecule has 1 aromatic rings. The Morgan fingerprint density at radius 1 is 1.40 bits per heavy atom. The van der Waals surface area contributed by atoms with Crippen molar-refractivity contribution >= 4 is 5.91 Å². The molecule has 1 heterocycles. The molecule has 3 nitrogen and oxygen atoms in total. The third kappa shape index (κ3) is 1.88. The van der Waals surface area contributed by atoms with E-state index in [0.29, 0.717) is 19.5 Å². The summed E-state index contributed by atoms with van der Waals surface area (Å²) in [4.78, 5) is 13.7. The number of rotatable bonds is 2. The Morgan fingerprint density at radius 3 is 2.40 bits per heavy atom. The van der Waals surface area contributed by atoms with Crippen molar-refractivity contribution in [2.45, 2.75) is 32.5 Å². The maximum atomic E-state index is 11.8. The Bertz CT molecular complexity index is 351. The molecule has 1 aliphatic rings. The maximum absolute atomic E-state index is 11.8. The summed E-state index contributed by atoms with van der Waals surface area (Å²) in [6.07, 6.45) is 0.700. The molecule has 0 radical (unpaired) electrons. The van der Waals surface area contributed by atoms with Crippen LogP contribution in [0.15, 0.2) is 24.3 Å². The highest BCUT2D eigenvalue weighted by Crippen LogP contribution is 2.22. The van der Waals surface area contributed by atoms with Crippen molar-refractivity contribution in [3.63, 3.8) is 0 Å². The summed E-state index contributed by atoms with van der Waals surface area (Å²) in [5.41, 5.74) is 8.23. The Kier molecular flexibility index (Phi) is 2.73. The van der Waals surface area contributed by atoms with Gasteiger partial charge in [-0.3, -0.25) is 4.79 Å². The highest BCUT2D eigenvalue weighted by Gasteiger charge is 2.25. The third-order valence-corrected chi connectivity index (χ3v) is 2.91. The molecular formula is C12H16N2O. The highest BCUT2D eigenvalue weighted by molar-refractivity contribution is 5.82. The number of hydrogen-bond donors (Lipinski definition) is 1. The Morgan fingerprint density at radius 2 is 1.93 bits per heavy atom. The van der Waals surface area contributed by atoms with Crippen molar-refractivity contribution in [2.75, 3.05) is 0 Å². The standard InChI is InChI=1S/C12H16N2O/c1-2-11(13)12(15)14-7-9-5-3-4-6-10(9)8-14/h3-6,11H,2,7-8,13H2,1H3/t11-/m1/s1. The van der Waals surface area contributed by atoms with Crippen LogP contribution in [0.1, 0.15) is 24.5 Å². The van der Waals surface area contributed by atoms with Crippen molar-refractivity contribution in [2.24, 2.45) is 5.73 Å². The molecule has 2 N–H and O–H groups in total. The molecule has 1 atom stereocenters. The summed E-state index contributed by atoms with van der Waals surface area (Å²) >= 11 is 0. The van der Waals surface area contributed by atoms with Crippen molar-refractivity contribution in [1.29, 1.82) is 0 Å². The number of hydrogen-bond acceptors (Lipinski definition) is 2. The molecular weight excluding hydrogens is 188 g/mol. The van der Waals surface area contributed by atoms with Gasteiger partial charge in [0.2, 0.25) is 5.91 Å². The van der Waals surface area contributed by atoms with Gasteiger partial charge in [0.15, 0.2) is 0 Å². The summed E-state index contributed by atoms with van der Waals surface area (Å²) in [5.74, 6) is 0.0636. The average molecular weight is 204 g/mol. The Balaban J connectivity index is 2.10. The van der Waals surface area contributed by atoms with Crippen LogP contribution in [0.3, 0.4) is 0 Å². The number of amides is 1. The van der Waals surface area contributed by atoms with E-state index in [1.165, 1.54) is 11.1 Å². The monoisotopic (exact) mass is 204 g/mol. The molecule has 0 spiro atoms. The molecule has 1 amide bonds. The largest absolute Gasteiger partial charge is 0.333 e. The number of benzene rings is 1. The molecule has 80 valence electrons. The summed E-state index contributed by atoms with van der Waals surface area (Å²) in [6, 6.07) is 7.80. The second kappa shape index (κ2) is 4.03. The predicted octanol–water partition coefficient (Wildman–Crippen LogP) is 1.27. The van der Waals surface area contributed by atoms with E-state index in [4.69, 9.17) is 5.73 Å². The lowest BCUT2D eigenvalue weighted by Gasteiger charge is -2.19. The minimum Gasteiger partial charge on any atom is -0.333 e. The maximum Gasteiger partial charge on any atom is 0.240 e. The fourth-order valence-electron chi connectivity index (χ4n) is 1.90. The van der Waals surface area contributed by atoms with Gasteiger partial charge >= 0.3 is 0 Å². The van der Waals surface area contributed by atoms with Gasteiger partial charge in [-0.15, -0.1) is 0 Å².